The fraction of sp³-hybridized carbons (Fsp3) is 0.875. The van der Waals surface area contributed by atoms with Crippen molar-refractivity contribution in [3.63, 3.8) is 0 Å². The molecule has 2 aliphatic carbocycles. The van der Waals surface area contributed by atoms with Gasteiger partial charge in [0, 0.05) is 25.7 Å². The average molecular weight is 250 g/mol. The van der Waals surface area contributed by atoms with Gasteiger partial charge in [-0.3, -0.25) is 9.59 Å². The van der Waals surface area contributed by atoms with Crippen molar-refractivity contribution in [2.24, 2.45) is 16.7 Å². The Morgan fingerprint density at radius 3 is 2.33 bits per heavy atom. The lowest BCUT2D eigenvalue weighted by Gasteiger charge is -2.51. The summed E-state index contributed by atoms with van der Waals surface area (Å²) in [4.78, 5) is 23.8. The molecule has 2 nitrogen and oxygen atoms in total. The Hall–Kier alpha value is -0.660. The number of hydrogen-bond donors (Lipinski definition) is 0. The molecule has 0 radical (unpaired) electrons. The predicted octanol–water partition coefficient (Wildman–Crippen LogP) is 3.92. The minimum Gasteiger partial charge on any atom is -0.300 e. The second-order valence-corrected chi connectivity index (χ2v) is 7.34. The summed E-state index contributed by atoms with van der Waals surface area (Å²) in [5.41, 5.74) is 0.404. The predicted molar refractivity (Wildman–Crippen MR) is 72.3 cm³/mol. The van der Waals surface area contributed by atoms with Gasteiger partial charge in [0.1, 0.15) is 11.6 Å². The molecule has 0 N–H and O–H groups in total. The Labute approximate surface area is 111 Å². The van der Waals surface area contributed by atoms with Gasteiger partial charge in [-0.05, 0) is 36.0 Å². The van der Waals surface area contributed by atoms with Crippen LogP contribution in [-0.2, 0) is 9.59 Å². The summed E-state index contributed by atoms with van der Waals surface area (Å²) >= 11 is 0. The van der Waals surface area contributed by atoms with Gasteiger partial charge in [0.25, 0.3) is 0 Å². The highest BCUT2D eigenvalue weighted by Crippen LogP contribution is 2.55. The molecule has 0 aromatic carbocycles. The summed E-state index contributed by atoms with van der Waals surface area (Å²) in [6.45, 7) is 6.93. The van der Waals surface area contributed by atoms with Gasteiger partial charge in [-0.2, -0.15) is 0 Å². The Balaban J connectivity index is 2.29. The van der Waals surface area contributed by atoms with E-state index < -0.39 is 0 Å². The van der Waals surface area contributed by atoms with Gasteiger partial charge in [0.15, 0.2) is 0 Å². The molecule has 2 unspecified atom stereocenters. The number of hydrogen-bond acceptors (Lipinski definition) is 2. The molecule has 2 atom stereocenters. The quantitative estimate of drug-likeness (QED) is 0.653. The first-order valence-corrected chi connectivity index (χ1v) is 7.37. The van der Waals surface area contributed by atoms with Crippen molar-refractivity contribution in [2.75, 3.05) is 0 Å². The first kappa shape index (κ1) is 13.8. The van der Waals surface area contributed by atoms with Crippen LogP contribution >= 0.6 is 0 Å². The molecule has 0 aliphatic heterocycles. The van der Waals surface area contributed by atoms with Crippen LogP contribution in [-0.4, -0.2) is 11.6 Å². The monoisotopic (exact) mass is 250 g/mol. The highest BCUT2D eigenvalue weighted by atomic mass is 16.1. The van der Waals surface area contributed by atoms with E-state index in [0.717, 1.165) is 12.8 Å². The van der Waals surface area contributed by atoms with Crippen molar-refractivity contribution < 1.29 is 9.59 Å². The number of carbonyl (C=O) groups is 2. The van der Waals surface area contributed by atoms with Gasteiger partial charge < -0.3 is 0 Å². The molecule has 0 spiro atoms. The molecule has 0 heterocycles. The lowest BCUT2D eigenvalue weighted by Crippen LogP contribution is -2.43. The maximum atomic E-state index is 12.1. The van der Waals surface area contributed by atoms with Crippen molar-refractivity contribution in [2.45, 2.75) is 72.1 Å². The molecular formula is C16H26O2. The van der Waals surface area contributed by atoms with E-state index in [-0.39, 0.29) is 16.6 Å². The smallest absolute Gasteiger partial charge is 0.133 e. The van der Waals surface area contributed by atoms with Crippen LogP contribution in [0.25, 0.3) is 0 Å². The summed E-state index contributed by atoms with van der Waals surface area (Å²) < 4.78 is 0. The molecule has 2 saturated carbocycles. The van der Waals surface area contributed by atoms with E-state index in [0.29, 0.717) is 37.4 Å². The van der Waals surface area contributed by atoms with Crippen LogP contribution < -0.4 is 0 Å². The Bertz CT molecular complexity index is 356. The zero-order valence-corrected chi connectivity index (χ0v) is 12.1. The van der Waals surface area contributed by atoms with Gasteiger partial charge in [-0.1, -0.05) is 27.2 Å². The van der Waals surface area contributed by atoms with Crippen LogP contribution in [0, 0.1) is 16.7 Å². The second-order valence-electron chi connectivity index (χ2n) is 7.34. The molecule has 102 valence electrons. The zero-order valence-electron chi connectivity index (χ0n) is 12.1. The molecule has 2 fully saturated rings. The molecule has 18 heavy (non-hydrogen) atoms. The molecular weight excluding hydrogens is 224 g/mol. The first-order chi connectivity index (χ1) is 8.33. The number of carbonyl (C=O) groups excluding carboxylic acids is 2. The standard InChI is InChI=1S/C16H26O2/c1-15(2)9-4-10-16(3)11-13(18)6-5-12(17)7-8-14(15)16/h14H,4-11H2,1-3H3. The number of rotatable bonds is 0. The molecule has 0 bridgehead atoms. The van der Waals surface area contributed by atoms with Gasteiger partial charge >= 0.3 is 0 Å². The van der Waals surface area contributed by atoms with Crippen LogP contribution in [0.15, 0.2) is 0 Å². The van der Waals surface area contributed by atoms with Crippen LogP contribution in [0.4, 0.5) is 0 Å². The van der Waals surface area contributed by atoms with Crippen molar-refractivity contribution in [3.05, 3.63) is 0 Å². The highest BCUT2D eigenvalue weighted by molar-refractivity contribution is 5.86. The van der Waals surface area contributed by atoms with Crippen molar-refractivity contribution in [1.82, 2.24) is 0 Å². The largest absolute Gasteiger partial charge is 0.300 e. The number of Topliss-reactive ketones (excluding diaryl/α,β-unsaturated/α-hetero) is 2. The molecule has 0 amide bonds. The maximum Gasteiger partial charge on any atom is 0.133 e. The first-order valence-electron chi connectivity index (χ1n) is 7.37. The molecule has 2 aliphatic rings. The van der Waals surface area contributed by atoms with E-state index in [1.165, 1.54) is 12.8 Å². The van der Waals surface area contributed by atoms with E-state index in [2.05, 4.69) is 20.8 Å². The maximum absolute atomic E-state index is 12.1. The minimum absolute atomic E-state index is 0.128. The lowest BCUT2D eigenvalue weighted by atomic mass is 9.54. The van der Waals surface area contributed by atoms with Gasteiger partial charge in [0.05, 0.1) is 0 Å². The van der Waals surface area contributed by atoms with Crippen molar-refractivity contribution in [1.29, 1.82) is 0 Å². The summed E-state index contributed by atoms with van der Waals surface area (Å²) in [7, 11) is 0. The van der Waals surface area contributed by atoms with Crippen LogP contribution in [0.1, 0.15) is 72.1 Å². The molecule has 0 saturated heterocycles. The zero-order chi connectivity index (χ0) is 13.4. The van der Waals surface area contributed by atoms with E-state index in [4.69, 9.17) is 0 Å². The van der Waals surface area contributed by atoms with Crippen LogP contribution in [0.3, 0.4) is 0 Å². The molecule has 2 heteroatoms. The fourth-order valence-electron chi connectivity index (χ4n) is 4.44. The molecule has 0 aromatic heterocycles. The molecule has 0 aromatic rings. The summed E-state index contributed by atoms with van der Waals surface area (Å²) in [6, 6.07) is 0. The number of ketones is 2. The highest BCUT2D eigenvalue weighted by Gasteiger charge is 2.47. The topological polar surface area (TPSA) is 34.1 Å². The Kier molecular flexibility index (Phi) is 3.66. The summed E-state index contributed by atoms with van der Waals surface area (Å²) in [5.74, 6) is 1.11. The third kappa shape index (κ3) is 2.67. The Morgan fingerprint density at radius 2 is 1.61 bits per heavy atom. The average Bonchev–Trinajstić information content (AvgIpc) is 2.28. The normalized spacial score (nSPS) is 37.4. The lowest BCUT2D eigenvalue weighted by molar-refractivity contribution is -0.125. The van der Waals surface area contributed by atoms with Gasteiger partial charge in [0.2, 0.25) is 0 Å². The summed E-state index contributed by atoms with van der Waals surface area (Å²) in [5, 5.41) is 0. The SMILES string of the molecule is CC1(C)CCCC2(C)CC(=O)CCC(=O)CCC12. The third-order valence-electron chi connectivity index (χ3n) is 5.35. The van der Waals surface area contributed by atoms with Crippen molar-refractivity contribution in [3.8, 4) is 0 Å². The van der Waals surface area contributed by atoms with Crippen LogP contribution in [0.2, 0.25) is 0 Å². The number of fused-ring (bicyclic) bond motifs is 1. The van der Waals surface area contributed by atoms with Gasteiger partial charge in [-0.15, -0.1) is 0 Å². The fourth-order valence-corrected chi connectivity index (χ4v) is 4.44. The van der Waals surface area contributed by atoms with Gasteiger partial charge in [-0.25, -0.2) is 0 Å². The van der Waals surface area contributed by atoms with Crippen LogP contribution in [0.5, 0.6) is 0 Å². The third-order valence-corrected chi connectivity index (χ3v) is 5.35. The Morgan fingerprint density at radius 1 is 0.944 bits per heavy atom. The van der Waals surface area contributed by atoms with E-state index in [1.54, 1.807) is 0 Å². The minimum atomic E-state index is 0.128. The van der Waals surface area contributed by atoms with E-state index >= 15 is 0 Å². The second kappa shape index (κ2) is 4.79. The molecule has 2 rings (SSSR count). The van der Waals surface area contributed by atoms with E-state index in [9.17, 15) is 9.59 Å². The van der Waals surface area contributed by atoms with E-state index in [1.807, 2.05) is 0 Å². The summed E-state index contributed by atoms with van der Waals surface area (Å²) in [6.07, 6.45) is 6.91. The van der Waals surface area contributed by atoms with Crippen molar-refractivity contribution >= 4 is 11.6 Å².